The first-order chi connectivity index (χ1) is 10.1. The molecular formula is C16H24ClN3O. The van der Waals surface area contributed by atoms with E-state index in [4.69, 9.17) is 17.3 Å². The van der Waals surface area contributed by atoms with E-state index >= 15 is 0 Å². The van der Waals surface area contributed by atoms with Crippen LogP contribution in [0.1, 0.15) is 24.8 Å². The number of halogens is 1. The Morgan fingerprint density at radius 3 is 2.71 bits per heavy atom. The third-order valence-corrected chi connectivity index (χ3v) is 5.01. The van der Waals surface area contributed by atoms with Crippen molar-refractivity contribution in [3.63, 3.8) is 0 Å². The van der Waals surface area contributed by atoms with Crippen LogP contribution in [0.4, 0.5) is 0 Å². The molecule has 5 heteroatoms. The van der Waals surface area contributed by atoms with Gasteiger partial charge in [0.1, 0.15) is 5.75 Å². The molecule has 0 saturated carbocycles. The normalized spacial score (nSPS) is 25.5. The number of hydrogen-bond acceptors (Lipinski definition) is 4. The van der Waals surface area contributed by atoms with Crippen molar-refractivity contribution in [3.05, 3.63) is 28.8 Å². The van der Waals surface area contributed by atoms with Crippen molar-refractivity contribution < 1.29 is 5.11 Å². The van der Waals surface area contributed by atoms with E-state index < -0.39 is 0 Å². The number of phenolic OH excluding ortho intramolecular Hbond substituents is 1. The topological polar surface area (TPSA) is 52.7 Å². The Morgan fingerprint density at radius 2 is 1.95 bits per heavy atom. The fraction of sp³-hybridized carbons (Fsp3) is 0.625. The van der Waals surface area contributed by atoms with Crippen LogP contribution in [0, 0.1) is 0 Å². The summed E-state index contributed by atoms with van der Waals surface area (Å²) in [5.74, 6) is 0.340. The minimum Gasteiger partial charge on any atom is -0.508 e. The number of rotatable bonds is 3. The number of benzene rings is 1. The van der Waals surface area contributed by atoms with E-state index in [0.717, 1.165) is 51.1 Å². The molecule has 116 valence electrons. The Hall–Kier alpha value is -0.810. The van der Waals surface area contributed by atoms with Crippen molar-refractivity contribution in [2.24, 2.45) is 5.73 Å². The summed E-state index contributed by atoms with van der Waals surface area (Å²) in [5, 5.41) is 10.6. The number of nitrogens with zero attached hydrogens (tertiary/aromatic N) is 2. The number of likely N-dealkylation sites (tertiary alicyclic amines) is 2. The summed E-state index contributed by atoms with van der Waals surface area (Å²) in [6.45, 7) is 5.18. The zero-order valence-electron chi connectivity index (χ0n) is 12.3. The molecule has 0 radical (unpaired) electrons. The van der Waals surface area contributed by atoms with E-state index in [2.05, 4.69) is 9.80 Å². The second-order valence-electron chi connectivity index (χ2n) is 6.32. The Balaban J connectivity index is 1.56. The summed E-state index contributed by atoms with van der Waals surface area (Å²) >= 11 is 6.02. The van der Waals surface area contributed by atoms with Crippen molar-refractivity contribution >= 4 is 11.6 Å². The molecular weight excluding hydrogens is 286 g/mol. The highest BCUT2D eigenvalue weighted by molar-refractivity contribution is 6.30. The lowest BCUT2D eigenvalue weighted by Gasteiger charge is -2.34. The predicted octanol–water partition coefficient (Wildman–Crippen LogP) is 2.04. The number of phenols is 1. The molecule has 3 N–H and O–H groups in total. The summed E-state index contributed by atoms with van der Waals surface area (Å²) in [5.41, 5.74) is 6.90. The number of nitrogens with two attached hydrogens (primary N) is 1. The maximum Gasteiger partial charge on any atom is 0.120 e. The molecule has 0 aromatic heterocycles. The van der Waals surface area contributed by atoms with Gasteiger partial charge in [-0.15, -0.1) is 0 Å². The number of hydrogen-bond donors (Lipinski definition) is 2. The van der Waals surface area contributed by atoms with Gasteiger partial charge in [-0.25, -0.2) is 0 Å². The smallest absolute Gasteiger partial charge is 0.120 e. The molecule has 2 saturated heterocycles. The lowest BCUT2D eigenvalue weighted by atomic mass is 10.0. The average molecular weight is 310 g/mol. The largest absolute Gasteiger partial charge is 0.508 e. The molecule has 0 aliphatic carbocycles. The van der Waals surface area contributed by atoms with Crippen LogP contribution >= 0.6 is 11.6 Å². The monoisotopic (exact) mass is 309 g/mol. The van der Waals surface area contributed by atoms with Gasteiger partial charge in [0.25, 0.3) is 0 Å². The van der Waals surface area contributed by atoms with E-state index in [9.17, 15) is 5.11 Å². The van der Waals surface area contributed by atoms with E-state index in [0.29, 0.717) is 22.9 Å². The third kappa shape index (κ3) is 3.69. The minimum absolute atomic E-state index is 0.340. The van der Waals surface area contributed by atoms with Crippen molar-refractivity contribution in [3.8, 4) is 5.75 Å². The third-order valence-electron chi connectivity index (χ3n) is 4.77. The van der Waals surface area contributed by atoms with Gasteiger partial charge in [-0.05, 0) is 50.6 Å². The summed E-state index contributed by atoms with van der Waals surface area (Å²) in [4.78, 5) is 4.99. The van der Waals surface area contributed by atoms with Gasteiger partial charge in [0.2, 0.25) is 0 Å². The van der Waals surface area contributed by atoms with Crippen LogP contribution in [0.15, 0.2) is 18.2 Å². The quantitative estimate of drug-likeness (QED) is 0.897. The maximum absolute atomic E-state index is 9.93. The first-order valence-electron chi connectivity index (χ1n) is 7.81. The Kier molecular flexibility index (Phi) is 4.69. The lowest BCUT2D eigenvalue weighted by molar-refractivity contribution is 0.151. The summed E-state index contributed by atoms with van der Waals surface area (Å²) < 4.78 is 0. The highest BCUT2D eigenvalue weighted by Gasteiger charge is 2.29. The molecule has 2 aliphatic rings. The van der Waals surface area contributed by atoms with Crippen LogP contribution in [-0.2, 0) is 6.54 Å². The van der Waals surface area contributed by atoms with Crippen LogP contribution in [0.3, 0.4) is 0 Å². The van der Waals surface area contributed by atoms with Gasteiger partial charge in [-0.3, -0.25) is 9.80 Å². The molecule has 4 nitrogen and oxygen atoms in total. The maximum atomic E-state index is 9.93. The van der Waals surface area contributed by atoms with Gasteiger partial charge in [0.05, 0.1) is 0 Å². The zero-order valence-corrected chi connectivity index (χ0v) is 13.1. The fourth-order valence-corrected chi connectivity index (χ4v) is 3.65. The molecule has 3 rings (SSSR count). The van der Waals surface area contributed by atoms with Crippen molar-refractivity contribution in [1.29, 1.82) is 0 Å². The number of aromatic hydroxyl groups is 1. The molecule has 2 aliphatic heterocycles. The van der Waals surface area contributed by atoms with E-state index in [1.54, 1.807) is 12.1 Å². The summed E-state index contributed by atoms with van der Waals surface area (Å²) in [7, 11) is 0. The van der Waals surface area contributed by atoms with E-state index in [-0.39, 0.29) is 0 Å². The Labute approximate surface area is 131 Å². The lowest BCUT2D eigenvalue weighted by Crippen LogP contribution is -2.46. The van der Waals surface area contributed by atoms with Gasteiger partial charge in [-0.2, -0.15) is 0 Å². The molecule has 1 atom stereocenters. The van der Waals surface area contributed by atoms with Crippen molar-refractivity contribution in [1.82, 2.24) is 9.80 Å². The molecule has 2 heterocycles. The van der Waals surface area contributed by atoms with Crippen LogP contribution < -0.4 is 5.73 Å². The average Bonchev–Trinajstić information content (AvgIpc) is 2.92. The molecule has 1 aromatic carbocycles. The van der Waals surface area contributed by atoms with Crippen molar-refractivity contribution in [2.45, 2.75) is 37.9 Å². The van der Waals surface area contributed by atoms with Crippen LogP contribution in [0.25, 0.3) is 0 Å². The summed E-state index contributed by atoms with van der Waals surface area (Å²) in [6, 6.07) is 6.30. The first-order valence-corrected chi connectivity index (χ1v) is 8.19. The molecule has 2 fully saturated rings. The number of piperidine rings is 1. The minimum atomic E-state index is 0.340. The van der Waals surface area contributed by atoms with Crippen LogP contribution in [0.2, 0.25) is 5.02 Å². The highest BCUT2D eigenvalue weighted by Crippen LogP contribution is 2.26. The predicted molar refractivity (Wildman–Crippen MR) is 85.6 cm³/mol. The van der Waals surface area contributed by atoms with E-state index in [1.165, 1.54) is 6.42 Å². The fourth-order valence-electron chi connectivity index (χ4n) is 3.46. The molecule has 21 heavy (non-hydrogen) atoms. The SMILES string of the molecule is NC1CCN(C2CCN(Cc3cc(Cl)ccc3O)C2)CC1. The zero-order chi connectivity index (χ0) is 14.8. The van der Waals surface area contributed by atoms with Crippen LogP contribution in [-0.4, -0.2) is 53.2 Å². The molecule has 0 spiro atoms. The molecule has 1 aromatic rings. The second kappa shape index (κ2) is 6.53. The Bertz CT molecular complexity index is 488. The van der Waals surface area contributed by atoms with Gasteiger partial charge >= 0.3 is 0 Å². The molecule has 1 unspecified atom stereocenters. The van der Waals surface area contributed by atoms with Gasteiger partial charge in [0, 0.05) is 42.3 Å². The second-order valence-corrected chi connectivity index (χ2v) is 6.76. The van der Waals surface area contributed by atoms with Gasteiger partial charge in [-0.1, -0.05) is 11.6 Å². The van der Waals surface area contributed by atoms with Gasteiger partial charge < -0.3 is 10.8 Å². The standard InChI is InChI=1S/C16H24ClN3O/c17-13-1-2-16(21)12(9-13)10-19-6-5-15(11-19)20-7-3-14(18)4-8-20/h1-2,9,14-15,21H,3-8,10-11,18H2. The molecule has 0 amide bonds. The summed E-state index contributed by atoms with van der Waals surface area (Å²) in [6.07, 6.45) is 3.44. The van der Waals surface area contributed by atoms with Crippen LogP contribution in [0.5, 0.6) is 5.75 Å². The highest BCUT2D eigenvalue weighted by atomic mass is 35.5. The molecule has 0 bridgehead atoms. The van der Waals surface area contributed by atoms with Gasteiger partial charge in [0.15, 0.2) is 0 Å². The first kappa shape index (κ1) is 15.1. The van der Waals surface area contributed by atoms with Crippen molar-refractivity contribution in [2.75, 3.05) is 26.2 Å². The Morgan fingerprint density at radius 1 is 1.19 bits per heavy atom. The van der Waals surface area contributed by atoms with E-state index in [1.807, 2.05) is 6.07 Å².